The molecule has 118 valence electrons. The van der Waals surface area contributed by atoms with Gasteiger partial charge in [0.2, 0.25) is 0 Å². The maximum Gasteiger partial charge on any atom is 0.261 e. The summed E-state index contributed by atoms with van der Waals surface area (Å²) in [5.41, 5.74) is 8.77. The van der Waals surface area contributed by atoms with Gasteiger partial charge in [-0.3, -0.25) is 0 Å². The smallest absolute Gasteiger partial charge is 0.261 e. The number of nitrogens with two attached hydrogens (primary N) is 1. The van der Waals surface area contributed by atoms with Crippen molar-refractivity contribution in [2.75, 3.05) is 0 Å². The Morgan fingerprint density at radius 1 is 1.17 bits per heavy atom. The molecule has 1 fully saturated rings. The van der Waals surface area contributed by atoms with Gasteiger partial charge in [-0.05, 0) is 31.9 Å². The number of rotatable bonds is 3. The first kappa shape index (κ1) is 14.1. The molecule has 2 N–H and O–H groups in total. The molecule has 0 bridgehead atoms. The van der Waals surface area contributed by atoms with Gasteiger partial charge in [0.05, 0.1) is 28.7 Å². The fourth-order valence-corrected chi connectivity index (χ4v) is 3.21. The quantitative estimate of drug-likeness (QED) is 0.804. The summed E-state index contributed by atoms with van der Waals surface area (Å²) >= 11 is 0. The number of para-hydroxylation sites is 1. The summed E-state index contributed by atoms with van der Waals surface area (Å²) in [6.07, 6.45) is 5.82. The molecule has 0 atom stereocenters. The number of hydrogen-bond acceptors (Lipinski definition) is 5. The lowest BCUT2D eigenvalue weighted by Gasteiger charge is -2.17. The normalized spacial score (nSPS) is 16.8. The Morgan fingerprint density at radius 3 is 2.65 bits per heavy atom. The summed E-state index contributed by atoms with van der Waals surface area (Å²) in [6, 6.07) is 9.97. The fraction of sp³-hybridized carbons (Fsp3) is 0.353. The van der Waals surface area contributed by atoms with Crippen molar-refractivity contribution in [2.24, 2.45) is 5.73 Å². The highest BCUT2D eigenvalue weighted by Crippen LogP contribution is 2.35. The van der Waals surface area contributed by atoms with Crippen molar-refractivity contribution in [1.29, 1.82) is 0 Å². The van der Waals surface area contributed by atoms with Crippen molar-refractivity contribution in [3.05, 3.63) is 48.0 Å². The summed E-state index contributed by atoms with van der Waals surface area (Å²) in [5, 5.41) is 8.57. The lowest BCUT2D eigenvalue weighted by Crippen LogP contribution is -2.34. The predicted octanol–water partition coefficient (Wildman–Crippen LogP) is 2.96. The van der Waals surface area contributed by atoms with Crippen molar-refractivity contribution < 1.29 is 4.52 Å². The zero-order valence-corrected chi connectivity index (χ0v) is 13.1. The Balaban J connectivity index is 1.70. The molecular weight excluding hydrogens is 290 g/mol. The zero-order chi connectivity index (χ0) is 15.9. The average molecular weight is 309 g/mol. The number of nitrogens with zero attached hydrogens (tertiary/aromatic N) is 4. The molecular formula is C17H19N5O. The highest BCUT2D eigenvalue weighted by molar-refractivity contribution is 5.56. The first-order valence-corrected chi connectivity index (χ1v) is 7.91. The molecule has 2 aromatic heterocycles. The van der Waals surface area contributed by atoms with Crippen LogP contribution in [0.4, 0.5) is 0 Å². The van der Waals surface area contributed by atoms with Gasteiger partial charge in [0, 0.05) is 0 Å². The van der Waals surface area contributed by atoms with Gasteiger partial charge >= 0.3 is 0 Å². The topological polar surface area (TPSA) is 82.8 Å². The first-order valence-electron chi connectivity index (χ1n) is 7.91. The van der Waals surface area contributed by atoms with Crippen LogP contribution in [0.5, 0.6) is 0 Å². The highest BCUT2D eigenvalue weighted by Gasteiger charge is 2.36. The van der Waals surface area contributed by atoms with E-state index in [9.17, 15) is 0 Å². The van der Waals surface area contributed by atoms with E-state index in [0.29, 0.717) is 11.7 Å². The van der Waals surface area contributed by atoms with Gasteiger partial charge in [0.15, 0.2) is 5.82 Å². The zero-order valence-electron chi connectivity index (χ0n) is 13.1. The van der Waals surface area contributed by atoms with Crippen LogP contribution in [0.15, 0.2) is 41.1 Å². The molecule has 0 aliphatic heterocycles. The summed E-state index contributed by atoms with van der Waals surface area (Å²) < 4.78 is 7.33. The van der Waals surface area contributed by atoms with Crippen LogP contribution >= 0.6 is 0 Å². The standard InChI is InChI=1S/C17H19N5O/c1-12-14(11-19-22(12)13-7-3-2-4-8-13)15-20-16(21-23-15)17(18)9-5-6-10-17/h2-4,7-8,11H,5-6,9-10,18H2,1H3. The third-order valence-corrected chi connectivity index (χ3v) is 4.61. The maximum absolute atomic E-state index is 6.40. The van der Waals surface area contributed by atoms with Gasteiger partial charge in [-0.15, -0.1) is 0 Å². The van der Waals surface area contributed by atoms with Crippen molar-refractivity contribution in [3.63, 3.8) is 0 Å². The van der Waals surface area contributed by atoms with Gasteiger partial charge in [-0.2, -0.15) is 10.1 Å². The van der Waals surface area contributed by atoms with E-state index in [1.54, 1.807) is 6.20 Å². The van der Waals surface area contributed by atoms with E-state index in [1.165, 1.54) is 0 Å². The highest BCUT2D eigenvalue weighted by atomic mass is 16.5. The second-order valence-electron chi connectivity index (χ2n) is 6.18. The Morgan fingerprint density at radius 2 is 1.91 bits per heavy atom. The summed E-state index contributed by atoms with van der Waals surface area (Å²) in [7, 11) is 0. The molecule has 0 radical (unpaired) electrons. The third kappa shape index (κ3) is 2.35. The molecule has 1 aromatic carbocycles. The number of benzene rings is 1. The minimum absolute atomic E-state index is 0.439. The van der Waals surface area contributed by atoms with Gasteiger partial charge in [-0.1, -0.05) is 36.2 Å². The van der Waals surface area contributed by atoms with Crippen LogP contribution in [-0.4, -0.2) is 19.9 Å². The van der Waals surface area contributed by atoms with Gasteiger partial charge < -0.3 is 10.3 Å². The molecule has 0 unspecified atom stereocenters. The second-order valence-corrected chi connectivity index (χ2v) is 6.18. The largest absolute Gasteiger partial charge is 0.334 e. The molecule has 3 aromatic rings. The molecule has 6 heteroatoms. The minimum atomic E-state index is -0.439. The average Bonchev–Trinajstić information content (AvgIpc) is 3.28. The summed E-state index contributed by atoms with van der Waals surface area (Å²) in [4.78, 5) is 4.55. The molecule has 1 saturated carbocycles. The Bertz CT molecular complexity index is 815. The molecule has 6 nitrogen and oxygen atoms in total. The van der Waals surface area contributed by atoms with Crippen LogP contribution in [0, 0.1) is 6.92 Å². The minimum Gasteiger partial charge on any atom is -0.334 e. The third-order valence-electron chi connectivity index (χ3n) is 4.61. The Labute approximate surface area is 134 Å². The monoisotopic (exact) mass is 309 g/mol. The van der Waals surface area contributed by atoms with Crippen LogP contribution in [0.1, 0.15) is 37.2 Å². The first-order chi connectivity index (χ1) is 11.2. The van der Waals surface area contributed by atoms with Gasteiger partial charge in [-0.25, -0.2) is 4.68 Å². The predicted molar refractivity (Wildman–Crippen MR) is 85.9 cm³/mol. The Kier molecular flexibility index (Phi) is 3.27. The molecule has 23 heavy (non-hydrogen) atoms. The Hall–Kier alpha value is -2.47. The number of aromatic nitrogens is 4. The van der Waals surface area contributed by atoms with Crippen molar-refractivity contribution >= 4 is 0 Å². The lowest BCUT2D eigenvalue weighted by atomic mass is 9.99. The molecule has 0 spiro atoms. The van der Waals surface area contributed by atoms with E-state index in [2.05, 4.69) is 15.2 Å². The number of hydrogen-bond donors (Lipinski definition) is 1. The molecule has 0 amide bonds. The van der Waals surface area contributed by atoms with E-state index >= 15 is 0 Å². The lowest BCUT2D eigenvalue weighted by molar-refractivity contribution is 0.372. The molecule has 0 saturated heterocycles. The van der Waals surface area contributed by atoms with Gasteiger partial charge in [0.1, 0.15) is 0 Å². The second kappa shape index (κ2) is 5.31. The summed E-state index contributed by atoms with van der Waals surface area (Å²) in [6.45, 7) is 1.99. The molecule has 2 heterocycles. The van der Waals surface area contributed by atoms with E-state index in [4.69, 9.17) is 10.3 Å². The van der Waals surface area contributed by atoms with E-state index in [0.717, 1.165) is 42.6 Å². The van der Waals surface area contributed by atoms with E-state index < -0.39 is 5.54 Å². The van der Waals surface area contributed by atoms with Crippen molar-refractivity contribution in [3.8, 4) is 17.1 Å². The molecule has 1 aliphatic rings. The SMILES string of the molecule is Cc1c(-c2nc(C3(N)CCCC3)no2)cnn1-c1ccccc1. The fourth-order valence-electron chi connectivity index (χ4n) is 3.21. The van der Waals surface area contributed by atoms with Gasteiger partial charge in [0.25, 0.3) is 5.89 Å². The van der Waals surface area contributed by atoms with E-state index in [1.807, 2.05) is 41.9 Å². The van der Waals surface area contributed by atoms with E-state index in [-0.39, 0.29) is 0 Å². The van der Waals surface area contributed by atoms with Crippen LogP contribution in [0.25, 0.3) is 17.1 Å². The van der Waals surface area contributed by atoms with Crippen LogP contribution in [0.3, 0.4) is 0 Å². The molecule has 4 rings (SSSR count). The maximum atomic E-state index is 6.40. The van der Waals surface area contributed by atoms with Crippen molar-refractivity contribution in [2.45, 2.75) is 38.1 Å². The van der Waals surface area contributed by atoms with Crippen LogP contribution in [-0.2, 0) is 5.54 Å². The molecule has 1 aliphatic carbocycles. The summed E-state index contributed by atoms with van der Waals surface area (Å²) in [5.74, 6) is 1.09. The van der Waals surface area contributed by atoms with Crippen molar-refractivity contribution in [1.82, 2.24) is 19.9 Å². The van der Waals surface area contributed by atoms with Crippen LogP contribution < -0.4 is 5.73 Å². The van der Waals surface area contributed by atoms with Crippen LogP contribution in [0.2, 0.25) is 0 Å².